The van der Waals surface area contributed by atoms with Gasteiger partial charge >= 0.3 is 0 Å². The molecule has 0 saturated carbocycles. The number of aromatic nitrogens is 3. The van der Waals surface area contributed by atoms with E-state index in [1.807, 2.05) is 42.5 Å². The van der Waals surface area contributed by atoms with Crippen molar-refractivity contribution in [2.45, 2.75) is 19.3 Å². The van der Waals surface area contributed by atoms with Gasteiger partial charge in [0.25, 0.3) is 0 Å². The summed E-state index contributed by atoms with van der Waals surface area (Å²) < 4.78 is 1.79. The lowest BCUT2D eigenvalue weighted by molar-refractivity contribution is 0.0973. The third kappa shape index (κ3) is 2.45. The molecular formula is C18H14ClN3O. The molecule has 1 aliphatic rings. The zero-order chi connectivity index (χ0) is 15.8. The Labute approximate surface area is 138 Å². The van der Waals surface area contributed by atoms with Crippen molar-refractivity contribution in [3.05, 3.63) is 64.9 Å². The van der Waals surface area contributed by atoms with E-state index in [-0.39, 0.29) is 5.78 Å². The molecule has 2 aromatic heterocycles. The summed E-state index contributed by atoms with van der Waals surface area (Å²) >= 11 is 6.11. The second kappa shape index (κ2) is 5.63. The van der Waals surface area contributed by atoms with Crippen LogP contribution in [0.5, 0.6) is 0 Å². The molecule has 0 fully saturated rings. The maximum absolute atomic E-state index is 12.5. The molecule has 5 heteroatoms. The lowest BCUT2D eigenvalue weighted by Crippen LogP contribution is -2.13. The normalized spacial score (nSPS) is 13.9. The fraction of sp³-hybridized carbons (Fsp3) is 0.167. The largest absolute Gasteiger partial charge is 0.294 e. The second-order valence-corrected chi connectivity index (χ2v) is 5.99. The third-order valence-corrected chi connectivity index (χ3v) is 4.28. The molecule has 2 heterocycles. The Morgan fingerprint density at radius 2 is 2.00 bits per heavy atom. The Balaban J connectivity index is 1.97. The number of benzene rings is 1. The molecule has 0 atom stereocenters. The van der Waals surface area contributed by atoms with E-state index >= 15 is 0 Å². The molecular weight excluding hydrogens is 310 g/mol. The van der Waals surface area contributed by atoms with Gasteiger partial charge in [-0.2, -0.15) is 5.10 Å². The fourth-order valence-corrected chi connectivity index (χ4v) is 3.21. The average Bonchev–Trinajstić information content (AvgIpc) is 2.97. The molecule has 0 amide bonds. The minimum Gasteiger partial charge on any atom is -0.294 e. The number of pyridine rings is 1. The molecule has 0 bridgehead atoms. The number of nitrogens with zero attached hydrogens (tertiary/aromatic N) is 3. The minimum absolute atomic E-state index is 0.142. The Morgan fingerprint density at radius 1 is 1.09 bits per heavy atom. The van der Waals surface area contributed by atoms with Gasteiger partial charge in [0.1, 0.15) is 5.69 Å². The van der Waals surface area contributed by atoms with Gasteiger partial charge in [-0.25, -0.2) is 9.67 Å². The number of hydrogen-bond donors (Lipinski definition) is 0. The first kappa shape index (κ1) is 14.2. The van der Waals surface area contributed by atoms with Crippen molar-refractivity contribution in [1.82, 2.24) is 14.8 Å². The molecule has 0 radical (unpaired) electrons. The molecule has 0 spiro atoms. The van der Waals surface area contributed by atoms with Gasteiger partial charge in [-0.1, -0.05) is 29.8 Å². The maximum Gasteiger partial charge on any atom is 0.166 e. The Morgan fingerprint density at radius 3 is 2.78 bits per heavy atom. The van der Waals surface area contributed by atoms with Crippen molar-refractivity contribution in [3.8, 4) is 17.1 Å². The van der Waals surface area contributed by atoms with Gasteiger partial charge in [0.05, 0.1) is 11.3 Å². The monoisotopic (exact) mass is 323 g/mol. The van der Waals surface area contributed by atoms with Crippen LogP contribution in [0.2, 0.25) is 5.02 Å². The summed E-state index contributed by atoms with van der Waals surface area (Å²) in [4.78, 5) is 16.9. The predicted molar refractivity (Wildman–Crippen MR) is 89.1 cm³/mol. The average molecular weight is 324 g/mol. The van der Waals surface area contributed by atoms with E-state index in [1.165, 1.54) is 0 Å². The topological polar surface area (TPSA) is 47.8 Å². The first-order chi connectivity index (χ1) is 11.2. The van der Waals surface area contributed by atoms with Crippen LogP contribution < -0.4 is 0 Å². The highest BCUT2D eigenvalue weighted by molar-refractivity contribution is 6.30. The number of rotatable bonds is 2. The smallest absolute Gasteiger partial charge is 0.166 e. The molecule has 0 aliphatic heterocycles. The first-order valence-corrected chi connectivity index (χ1v) is 7.94. The van der Waals surface area contributed by atoms with Crippen molar-refractivity contribution in [3.63, 3.8) is 0 Å². The summed E-state index contributed by atoms with van der Waals surface area (Å²) in [5.41, 5.74) is 3.20. The van der Waals surface area contributed by atoms with Gasteiger partial charge in [-0.05, 0) is 37.1 Å². The van der Waals surface area contributed by atoms with Crippen LogP contribution in [-0.2, 0) is 6.42 Å². The third-order valence-electron chi connectivity index (χ3n) is 4.04. The van der Waals surface area contributed by atoms with Gasteiger partial charge in [-0.15, -0.1) is 0 Å². The van der Waals surface area contributed by atoms with Crippen LogP contribution in [0.3, 0.4) is 0 Å². The molecule has 4 rings (SSSR count). The second-order valence-electron chi connectivity index (χ2n) is 5.56. The minimum atomic E-state index is 0.142. The van der Waals surface area contributed by atoms with Crippen molar-refractivity contribution >= 4 is 17.4 Å². The van der Waals surface area contributed by atoms with Crippen LogP contribution in [0.15, 0.2) is 48.7 Å². The number of carbonyl (C=O) groups is 1. The van der Waals surface area contributed by atoms with E-state index in [1.54, 1.807) is 10.9 Å². The van der Waals surface area contributed by atoms with Crippen LogP contribution >= 0.6 is 11.6 Å². The molecule has 0 N–H and O–H groups in total. The van der Waals surface area contributed by atoms with Crippen molar-refractivity contribution in [2.24, 2.45) is 0 Å². The highest BCUT2D eigenvalue weighted by atomic mass is 35.5. The maximum atomic E-state index is 12.5. The predicted octanol–water partition coefficient (Wildman–Crippen LogP) is 4.11. The molecule has 0 unspecified atom stereocenters. The van der Waals surface area contributed by atoms with Crippen LogP contribution in [0.25, 0.3) is 17.1 Å². The summed E-state index contributed by atoms with van der Waals surface area (Å²) in [6.45, 7) is 0. The highest BCUT2D eigenvalue weighted by Crippen LogP contribution is 2.33. The SMILES string of the molecule is O=C1CCCc2c1c(-c1cccc(Cl)c1)nn2-c1ccccn1. The molecule has 114 valence electrons. The molecule has 0 saturated heterocycles. The summed E-state index contributed by atoms with van der Waals surface area (Å²) in [5.74, 6) is 0.870. The summed E-state index contributed by atoms with van der Waals surface area (Å²) in [5, 5.41) is 5.33. The van der Waals surface area contributed by atoms with Gasteiger partial charge in [0.2, 0.25) is 0 Å². The standard InChI is InChI=1S/C18H14ClN3O/c19-13-6-3-5-12(11-13)18-17-14(7-4-8-15(17)23)22(21-18)16-9-1-2-10-20-16/h1-3,5-6,9-11H,4,7-8H2. The van der Waals surface area contributed by atoms with Gasteiger partial charge < -0.3 is 0 Å². The lowest BCUT2D eigenvalue weighted by Gasteiger charge is -2.13. The number of hydrogen-bond acceptors (Lipinski definition) is 3. The van der Waals surface area contributed by atoms with E-state index in [0.717, 1.165) is 29.9 Å². The fourth-order valence-electron chi connectivity index (χ4n) is 3.02. The van der Waals surface area contributed by atoms with Crippen molar-refractivity contribution < 1.29 is 4.79 Å². The molecule has 4 nitrogen and oxygen atoms in total. The zero-order valence-electron chi connectivity index (χ0n) is 12.4. The molecule has 1 aliphatic carbocycles. The number of Topliss-reactive ketones (excluding diaryl/α,β-unsaturated/α-hetero) is 1. The summed E-state index contributed by atoms with van der Waals surface area (Å²) in [6, 6.07) is 13.1. The summed E-state index contributed by atoms with van der Waals surface area (Å²) in [6.07, 6.45) is 3.96. The van der Waals surface area contributed by atoms with Crippen molar-refractivity contribution in [1.29, 1.82) is 0 Å². The van der Waals surface area contributed by atoms with Gasteiger partial charge in [0.15, 0.2) is 11.6 Å². The van der Waals surface area contributed by atoms with Crippen LogP contribution in [0, 0.1) is 0 Å². The lowest BCUT2D eigenvalue weighted by atomic mass is 9.92. The Hall–Kier alpha value is -2.46. The highest BCUT2D eigenvalue weighted by Gasteiger charge is 2.28. The quantitative estimate of drug-likeness (QED) is 0.713. The van der Waals surface area contributed by atoms with Crippen LogP contribution in [-0.4, -0.2) is 20.5 Å². The van der Waals surface area contributed by atoms with Gasteiger partial charge in [-0.3, -0.25) is 4.79 Å². The van der Waals surface area contributed by atoms with E-state index < -0.39 is 0 Å². The number of carbonyl (C=O) groups excluding carboxylic acids is 1. The van der Waals surface area contributed by atoms with Crippen LogP contribution in [0.1, 0.15) is 28.9 Å². The van der Waals surface area contributed by atoms with Crippen molar-refractivity contribution in [2.75, 3.05) is 0 Å². The molecule has 1 aromatic carbocycles. The first-order valence-electron chi connectivity index (χ1n) is 7.56. The number of fused-ring (bicyclic) bond motifs is 1. The van der Waals surface area contributed by atoms with E-state index in [2.05, 4.69) is 4.98 Å². The zero-order valence-corrected chi connectivity index (χ0v) is 13.1. The summed E-state index contributed by atoms with van der Waals surface area (Å²) in [7, 11) is 0. The molecule has 3 aromatic rings. The number of halogens is 1. The van der Waals surface area contributed by atoms with E-state index in [9.17, 15) is 4.79 Å². The Kier molecular flexibility index (Phi) is 3.46. The van der Waals surface area contributed by atoms with Gasteiger partial charge in [0, 0.05) is 23.2 Å². The Bertz CT molecular complexity index is 887. The number of ketones is 1. The van der Waals surface area contributed by atoms with E-state index in [4.69, 9.17) is 16.7 Å². The van der Waals surface area contributed by atoms with Crippen LogP contribution in [0.4, 0.5) is 0 Å². The van der Waals surface area contributed by atoms with E-state index in [0.29, 0.717) is 22.7 Å². The molecule has 23 heavy (non-hydrogen) atoms.